The molecule has 0 aromatic carbocycles. The van der Waals surface area contributed by atoms with Crippen molar-refractivity contribution in [2.45, 2.75) is 24.3 Å². The number of nitrogens with two attached hydrogens (primary N) is 1. The summed E-state index contributed by atoms with van der Waals surface area (Å²) in [5.74, 6) is 0. The molecule has 0 aromatic heterocycles. The fourth-order valence-corrected chi connectivity index (χ4v) is 1.16. The third kappa shape index (κ3) is 2.74. The summed E-state index contributed by atoms with van der Waals surface area (Å²) in [6, 6.07) is 0. The summed E-state index contributed by atoms with van der Waals surface area (Å²) in [5, 5.41) is 2.51. The summed E-state index contributed by atoms with van der Waals surface area (Å²) in [6.07, 6.45) is 0. The summed E-state index contributed by atoms with van der Waals surface area (Å²) in [4.78, 5) is 0. The fraction of sp³-hybridized carbons (Fsp3) is 1.00. The minimum absolute atomic E-state index is 0.715. The first-order valence-electron chi connectivity index (χ1n) is 2.30. The molecule has 0 rings (SSSR count). The van der Waals surface area contributed by atoms with E-state index in [-0.39, 0.29) is 0 Å². The van der Waals surface area contributed by atoms with Crippen LogP contribution >= 0.6 is 0 Å². The first-order valence-corrected chi connectivity index (χ1v) is 6.04. The monoisotopic (exact) mass is 149 g/mol. The van der Waals surface area contributed by atoms with Gasteiger partial charge in [-0.25, -0.2) is 0 Å². The van der Waals surface area contributed by atoms with E-state index in [1.165, 1.54) is 10.4 Å². The second kappa shape index (κ2) is 3.70. The molecule has 0 saturated carbocycles. The van der Waals surface area contributed by atoms with Crippen molar-refractivity contribution in [1.82, 2.24) is 0 Å². The first-order chi connectivity index (χ1) is 2.81. The number of rotatable bonds is 2. The molecule has 0 unspecified atom stereocenters. The van der Waals surface area contributed by atoms with Gasteiger partial charge in [0.05, 0.1) is 0 Å². The topological polar surface area (TPSA) is 26.0 Å². The van der Waals surface area contributed by atoms with Crippen LogP contribution in [0.5, 0.6) is 0 Å². The minimum atomic E-state index is -0.715. The molecule has 2 heteroatoms. The van der Waals surface area contributed by atoms with E-state index in [1.807, 2.05) is 0 Å². The van der Waals surface area contributed by atoms with Crippen molar-refractivity contribution in [3.05, 3.63) is 0 Å². The van der Waals surface area contributed by atoms with E-state index in [9.17, 15) is 0 Å². The number of hydrogen-bond donors (Lipinski definition) is 1. The van der Waals surface area contributed by atoms with E-state index in [1.54, 1.807) is 0 Å². The van der Waals surface area contributed by atoms with Crippen molar-refractivity contribution in [3.63, 3.8) is 0 Å². The van der Waals surface area contributed by atoms with Crippen LogP contribution in [0.15, 0.2) is 0 Å². The van der Waals surface area contributed by atoms with Gasteiger partial charge in [0.2, 0.25) is 0 Å². The van der Waals surface area contributed by atoms with E-state index in [2.05, 4.69) is 13.8 Å². The summed E-state index contributed by atoms with van der Waals surface area (Å²) in [5.41, 5.74) is 0. The summed E-state index contributed by atoms with van der Waals surface area (Å²) in [7, 11) is 0. The predicted molar refractivity (Wildman–Crippen MR) is 30.9 cm³/mol. The van der Waals surface area contributed by atoms with Crippen molar-refractivity contribution in [2.75, 3.05) is 0 Å². The number of hydrogen-bond acceptors (Lipinski definition) is 1. The van der Waals surface area contributed by atoms with Gasteiger partial charge in [-0.1, -0.05) is 0 Å². The van der Waals surface area contributed by atoms with Crippen molar-refractivity contribution in [3.8, 4) is 0 Å². The van der Waals surface area contributed by atoms with Crippen molar-refractivity contribution in [2.24, 2.45) is 4.65 Å². The second-order valence-electron chi connectivity index (χ2n) is 1.22. The van der Waals surface area contributed by atoms with Gasteiger partial charge < -0.3 is 0 Å². The third-order valence-corrected chi connectivity index (χ3v) is 4.22. The molecule has 0 heterocycles. The Morgan fingerprint density at radius 2 is 1.67 bits per heavy atom. The Labute approximate surface area is 44.4 Å². The molecule has 6 heavy (non-hydrogen) atoms. The van der Waals surface area contributed by atoms with E-state index >= 15 is 0 Å². The summed E-state index contributed by atoms with van der Waals surface area (Å²) in [6.45, 7) is 4.34. The Hall–Kier alpha value is 0.518. The molecule has 0 spiro atoms. The van der Waals surface area contributed by atoms with Crippen LogP contribution in [0, 0.1) is 0 Å². The Morgan fingerprint density at radius 3 is 1.67 bits per heavy atom. The molecule has 0 amide bonds. The van der Waals surface area contributed by atoms with Crippen LogP contribution in [0.25, 0.3) is 0 Å². The van der Waals surface area contributed by atoms with Crippen LogP contribution in [-0.2, 0) is 0 Å². The van der Waals surface area contributed by atoms with Crippen molar-refractivity contribution >= 4 is 14.9 Å². The van der Waals surface area contributed by atoms with Gasteiger partial charge in [0.25, 0.3) is 0 Å². The Balaban J connectivity index is 2.75. The van der Waals surface area contributed by atoms with Crippen LogP contribution in [0.4, 0.5) is 0 Å². The van der Waals surface area contributed by atoms with Crippen LogP contribution < -0.4 is 4.65 Å². The molecular formula is C4H12AsN. The molecule has 0 aromatic rings. The van der Waals surface area contributed by atoms with Gasteiger partial charge in [-0.2, -0.15) is 0 Å². The van der Waals surface area contributed by atoms with Gasteiger partial charge in [-0.3, -0.25) is 0 Å². The zero-order valence-corrected chi connectivity index (χ0v) is 6.32. The van der Waals surface area contributed by atoms with Gasteiger partial charge in [-0.05, 0) is 0 Å². The third-order valence-electron chi connectivity index (χ3n) is 0.812. The van der Waals surface area contributed by atoms with E-state index < -0.39 is 14.9 Å². The standard InChI is InChI=1S/C4H12AsN/c1-3-5(6)4-2/h3-4,6H2,1-2H3. The summed E-state index contributed by atoms with van der Waals surface area (Å²) < 4.78 is 5.62. The molecule has 0 saturated heterocycles. The van der Waals surface area contributed by atoms with E-state index in [4.69, 9.17) is 4.65 Å². The molecule has 0 bridgehead atoms. The van der Waals surface area contributed by atoms with Crippen LogP contribution in [0.3, 0.4) is 0 Å². The van der Waals surface area contributed by atoms with E-state index in [0.29, 0.717) is 0 Å². The predicted octanol–water partition coefficient (Wildman–Crippen LogP) is 0.976. The Bertz CT molecular complexity index is 26.7. The average Bonchev–Trinajstić information content (AvgIpc) is 1.65. The molecule has 0 atom stereocenters. The molecule has 0 aliphatic carbocycles. The van der Waals surface area contributed by atoms with Gasteiger partial charge in [0.1, 0.15) is 0 Å². The molecule has 0 fully saturated rings. The second-order valence-corrected chi connectivity index (χ2v) is 6.35. The maximum atomic E-state index is 5.62. The van der Waals surface area contributed by atoms with Crippen molar-refractivity contribution in [1.29, 1.82) is 0 Å². The zero-order chi connectivity index (χ0) is 4.99. The van der Waals surface area contributed by atoms with Crippen LogP contribution in [0.1, 0.15) is 13.8 Å². The average molecular weight is 149 g/mol. The normalized spacial score (nSPS) is 10.0. The van der Waals surface area contributed by atoms with Gasteiger partial charge in [-0.15, -0.1) is 0 Å². The van der Waals surface area contributed by atoms with Gasteiger partial charge >= 0.3 is 43.8 Å². The molecule has 0 aliphatic rings. The quantitative estimate of drug-likeness (QED) is 0.582. The molecular weight excluding hydrogens is 137 g/mol. The molecule has 2 N–H and O–H groups in total. The molecule has 1 nitrogen and oxygen atoms in total. The Kier molecular flexibility index (Phi) is 4.02. The van der Waals surface area contributed by atoms with Crippen molar-refractivity contribution < 1.29 is 0 Å². The first kappa shape index (κ1) is 6.52. The SMILES string of the molecule is CC[As](N)CC. The maximum absolute atomic E-state index is 5.62. The fourth-order valence-electron chi connectivity index (χ4n) is 0.224. The Morgan fingerprint density at radius 1 is 1.33 bits per heavy atom. The van der Waals surface area contributed by atoms with Crippen LogP contribution in [-0.4, -0.2) is 14.9 Å². The van der Waals surface area contributed by atoms with E-state index in [0.717, 1.165) is 0 Å². The molecule has 38 valence electrons. The zero-order valence-electron chi connectivity index (χ0n) is 4.44. The molecule has 0 radical (unpaired) electrons. The van der Waals surface area contributed by atoms with Crippen LogP contribution in [0.2, 0.25) is 10.4 Å². The van der Waals surface area contributed by atoms with Gasteiger partial charge in [0.15, 0.2) is 0 Å². The summed E-state index contributed by atoms with van der Waals surface area (Å²) >= 11 is -0.715. The molecule has 0 aliphatic heterocycles. The van der Waals surface area contributed by atoms with Gasteiger partial charge in [0, 0.05) is 0 Å².